The standard InChI is InChI=1S/C20H24N2O3/c1-24-17-9-6-10-18(25-2)19(17)20(23)21-13-15-11-12-22(14-15)16-7-4-3-5-8-16/h3-10,15H,11-14H2,1-2H3,(H,21,23). The van der Waals surface area contributed by atoms with Gasteiger partial charge in [0, 0.05) is 25.3 Å². The minimum atomic E-state index is -0.160. The van der Waals surface area contributed by atoms with Gasteiger partial charge < -0.3 is 19.7 Å². The second-order valence-corrected chi connectivity index (χ2v) is 6.18. The lowest BCUT2D eigenvalue weighted by Gasteiger charge is -2.19. The molecule has 1 N–H and O–H groups in total. The lowest BCUT2D eigenvalue weighted by atomic mass is 10.1. The largest absolute Gasteiger partial charge is 0.496 e. The van der Waals surface area contributed by atoms with Crippen molar-refractivity contribution in [1.82, 2.24) is 5.32 Å². The fourth-order valence-corrected chi connectivity index (χ4v) is 3.27. The van der Waals surface area contributed by atoms with Gasteiger partial charge in [0.15, 0.2) is 0 Å². The van der Waals surface area contributed by atoms with Crippen molar-refractivity contribution < 1.29 is 14.3 Å². The van der Waals surface area contributed by atoms with E-state index in [-0.39, 0.29) is 5.91 Å². The molecule has 5 heteroatoms. The van der Waals surface area contributed by atoms with Crippen molar-refractivity contribution in [3.05, 3.63) is 54.1 Å². The van der Waals surface area contributed by atoms with E-state index >= 15 is 0 Å². The number of hydrogen-bond donors (Lipinski definition) is 1. The van der Waals surface area contributed by atoms with Crippen molar-refractivity contribution in [1.29, 1.82) is 0 Å². The highest BCUT2D eigenvalue weighted by atomic mass is 16.5. The van der Waals surface area contributed by atoms with Crippen molar-refractivity contribution in [3.8, 4) is 11.5 Å². The van der Waals surface area contributed by atoms with Crippen LogP contribution < -0.4 is 19.7 Å². The molecule has 1 amide bonds. The molecule has 0 spiro atoms. The Hall–Kier alpha value is -2.69. The van der Waals surface area contributed by atoms with Crippen molar-refractivity contribution in [2.75, 3.05) is 38.8 Å². The Morgan fingerprint density at radius 3 is 2.40 bits per heavy atom. The number of nitrogens with zero attached hydrogens (tertiary/aromatic N) is 1. The van der Waals surface area contributed by atoms with E-state index in [0.29, 0.717) is 29.5 Å². The summed E-state index contributed by atoms with van der Waals surface area (Å²) in [6.07, 6.45) is 1.07. The van der Waals surface area contributed by atoms with Crippen LogP contribution >= 0.6 is 0 Å². The maximum absolute atomic E-state index is 12.6. The van der Waals surface area contributed by atoms with Gasteiger partial charge in [-0.3, -0.25) is 4.79 Å². The van der Waals surface area contributed by atoms with Gasteiger partial charge in [-0.05, 0) is 36.6 Å². The topological polar surface area (TPSA) is 50.8 Å². The summed E-state index contributed by atoms with van der Waals surface area (Å²) >= 11 is 0. The molecule has 2 aromatic carbocycles. The summed E-state index contributed by atoms with van der Waals surface area (Å²) in [4.78, 5) is 15.0. The number of nitrogens with one attached hydrogen (secondary N) is 1. The Labute approximate surface area is 148 Å². The Kier molecular flexibility index (Phi) is 5.43. The number of ether oxygens (including phenoxy) is 2. The molecular weight excluding hydrogens is 316 g/mol. The molecule has 0 radical (unpaired) electrons. The number of benzene rings is 2. The first kappa shape index (κ1) is 17.1. The van der Waals surface area contributed by atoms with Crippen LogP contribution in [-0.4, -0.2) is 39.8 Å². The second-order valence-electron chi connectivity index (χ2n) is 6.18. The molecule has 1 unspecified atom stereocenters. The third-order valence-electron chi connectivity index (χ3n) is 4.61. The zero-order valence-electron chi connectivity index (χ0n) is 14.7. The van der Waals surface area contributed by atoms with E-state index in [1.807, 2.05) is 12.1 Å². The lowest BCUT2D eigenvalue weighted by molar-refractivity contribution is 0.0942. The zero-order chi connectivity index (χ0) is 17.6. The highest BCUT2D eigenvalue weighted by Gasteiger charge is 2.24. The zero-order valence-corrected chi connectivity index (χ0v) is 14.7. The number of methoxy groups -OCH3 is 2. The summed E-state index contributed by atoms with van der Waals surface area (Å²) in [5, 5.41) is 3.04. The third-order valence-corrected chi connectivity index (χ3v) is 4.61. The maximum Gasteiger partial charge on any atom is 0.258 e. The number of anilines is 1. The maximum atomic E-state index is 12.6. The van der Waals surface area contributed by atoms with Gasteiger partial charge in [-0.15, -0.1) is 0 Å². The van der Waals surface area contributed by atoms with Crippen molar-refractivity contribution in [2.24, 2.45) is 5.92 Å². The number of carbonyl (C=O) groups excluding carboxylic acids is 1. The highest BCUT2D eigenvalue weighted by molar-refractivity contribution is 5.99. The molecule has 0 bridgehead atoms. The van der Waals surface area contributed by atoms with Crippen LogP contribution in [0.1, 0.15) is 16.8 Å². The van der Waals surface area contributed by atoms with Crippen LogP contribution in [0.15, 0.2) is 48.5 Å². The molecule has 0 aromatic heterocycles. The molecule has 1 heterocycles. The SMILES string of the molecule is COc1cccc(OC)c1C(=O)NCC1CCN(c2ccccc2)C1. The number of amides is 1. The van der Waals surface area contributed by atoms with Crippen LogP contribution in [0.3, 0.4) is 0 Å². The van der Waals surface area contributed by atoms with Gasteiger partial charge in [-0.1, -0.05) is 24.3 Å². The van der Waals surface area contributed by atoms with E-state index < -0.39 is 0 Å². The summed E-state index contributed by atoms with van der Waals surface area (Å²) in [5.41, 5.74) is 1.69. The Morgan fingerprint density at radius 2 is 1.76 bits per heavy atom. The van der Waals surface area contributed by atoms with Gasteiger partial charge in [0.05, 0.1) is 14.2 Å². The predicted molar refractivity (Wildman–Crippen MR) is 98.6 cm³/mol. The van der Waals surface area contributed by atoms with Crippen molar-refractivity contribution in [2.45, 2.75) is 6.42 Å². The van der Waals surface area contributed by atoms with Gasteiger partial charge in [0.25, 0.3) is 5.91 Å². The Bertz CT molecular complexity index is 696. The van der Waals surface area contributed by atoms with Crippen LogP contribution in [0.5, 0.6) is 11.5 Å². The number of hydrogen-bond acceptors (Lipinski definition) is 4. The molecule has 1 aliphatic rings. The van der Waals surface area contributed by atoms with E-state index in [1.165, 1.54) is 5.69 Å². The summed E-state index contributed by atoms with van der Waals surface area (Å²) in [5.74, 6) is 1.32. The smallest absolute Gasteiger partial charge is 0.258 e. The molecule has 1 fully saturated rings. The quantitative estimate of drug-likeness (QED) is 0.878. The van der Waals surface area contributed by atoms with E-state index in [4.69, 9.17) is 9.47 Å². The molecule has 3 rings (SSSR count). The van der Waals surface area contributed by atoms with E-state index in [9.17, 15) is 4.79 Å². The lowest BCUT2D eigenvalue weighted by Crippen LogP contribution is -2.31. The molecule has 25 heavy (non-hydrogen) atoms. The average molecular weight is 340 g/mol. The monoisotopic (exact) mass is 340 g/mol. The normalized spacial score (nSPS) is 16.6. The van der Waals surface area contributed by atoms with Gasteiger partial charge in [-0.25, -0.2) is 0 Å². The van der Waals surface area contributed by atoms with E-state index in [2.05, 4.69) is 34.5 Å². The molecule has 5 nitrogen and oxygen atoms in total. The predicted octanol–water partition coefficient (Wildman–Crippen LogP) is 2.96. The molecule has 2 aromatic rings. The molecule has 1 atom stereocenters. The number of carbonyl (C=O) groups is 1. The molecule has 1 aliphatic heterocycles. The molecule has 132 valence electrons. The number of rotatable bonds is 6. The van der Waals surface area contributed by atoms with Gasteiger partial charge in [-0.2, -0.15) is 0 Å². The Balaban J connectivity index is 1.60. The fraction of sp³-hybridized carbons (Fsp3) is 0.350. The minimum Gasteiger partial charge on any atom is -0.496 e. The van der Waals surface area contributed by atoms with Crippen molar-refractivity contribution >= 4 is 11.6 Å². The molecule has 1 saturated heterocycles. The highest BCUT2D eigenvalue weighted by Crippen LogP contribution is 2.28. The Morgan fingerprint density at radius 1 is 1.08 bits per heavy atom. The molecule has 0 saturated carbocycles. The first-order chi connectivity index (χ1) is 12.2. The van der Waals surface area contributed by atoms with Crippen LogP contribution in [-0.2, 0) is 0 Å². The van der Waals surface area contributed by atoms with E-state index in [0.717, 1.165) is 19.5 Å². The van der Waals surface area contributed by atoms with Crippen LogP contribution in [0.2, 0.25) is 0 Å². The van der Waals surface area contributed by atoms with Gasteiger partial charge in [0.2, 0.25) is 0 Å². The third kappa shape index (κ3) is 3.87. The summed E-state index contributed by atoms with van der Waals surface area (Å²) in [7, 11) is 3.11. The average Bonchev–Trinajstić information content (AvgIpc) is 3.15. The first-order valence-electron chi connectivity index (χ1n) is 8.52. The summed E-state index contributed by atoms with van der Waals surface area (Å²) < 4.78 is 10.6. The molecular formula is C20H24N2O3. The van der Waals surface area contributed by atoms with Crippen LogP contribution in [0.4, 0.5) is 5.69 Å². The summed E-state index contributed by atoms with van der Waals surface area (Å²) in [6, 6.07) is 15.7. The van der Waals surface area contributed by atoms with Crippen LogP contribution in [0.25, 0.3) is 0 Å². The minimum absolute atomic E-state index is 0.160. The molecule has 0 aliphatic carbocycles. The number of para-hydroxylation sites is 1. The van der Waals surface area contributed by atoms with Gasteiger partial charge in [0.1, 0.15) is 17.1 Å². The summed E-state index contributed by atoms with van der Waals surface area (Å²) in [6.45, 7) is 2.61. The van der Waals surface area contributed by atoms with Gasteiger partial charge >= 0.3 is 0 Å². The fourth-order valence-electron chi connectivity index (χ4n) is 3.27. The van der Waals surface area contributed by atoms with Crippen LogP contribution in [0, 0.1) is 5.92 Å². The first-order valence-corrected chi connectivity index (χ1v) is 8.52. The van der Waals surface area contributed by atoms with E-state index in [1.54, 1.807) is 26.4 Å². The van der Waals surface area contributed by atoms with Crippen molar-refractivity contribution in [3.63, 3.8) is 0 Å². The second kappa shape index (κ2) is 7.92.